The molecule has 2 aromatic rings. The first-order chi connectivity index (χ1) is 13.0. The maximum atomic E-state index is 10.7. The lowest BCUT2D eigenvalue weighted by Gasteiger charge is -2.35. The van der Waals surface area contributed by atoms with Gasteiger partial charge < -0.3 is 14.6 Å². The van der Waals surface area contributed by atoms with Crippen molar-refractivity contribution in [3.63, 3.8) is 0 Å². The Morgan fingerprint density at radius 3 is 2.18 bits per heavy atom. The third-order valence-electron chi connectivity index (χ3n) is 5.58. The molecule has 0 bridgehead atoms. The van der Waals surface area contributed by atoms with Crippen LogP contribution in [0.25, 0.3) is 0 Å². The van der Waals surface area contributed by atoms with Crippen molar-refractivity contribution in [1.29, 1.82) is 0 Å². The third kappa shape index (κ3) is 4.37. The van der Waals surface area contributed by atoms with Gasteiger partial charge in [-0.05, 0) is 18.8 Å². The van der Waals surface area contributed by atoms with Gasteiger partial charge in [0.25, 0.3) is 0 Å². The van der Waals surface area contributed by atoms with Crippen molar-refractivity contribution in [2.45, 2.75) is 71.3 Å². The summed E-state index contributed by atoms with van der Waals surface area (Å²) in [5, 5.41) is 10.7. The van der Waals surface area contributed by atoms with Crippen LogP contribution in [0.5, 0.6) is 0 Å². The SMILES string of the molecule is Cn1ccnc1C(O)C1CCN(c2cc(C(C)(C)C)nc(C(C)(C)C)n2)CC1. The number of nitrogens with zero attached hydrogens (tertiary/aromatic N) is 5. The van der Waals surface area contributed by atoms with Crippen LogP contribution in [0.15, 0.2) is 18.5 Å². The third-order valence-corrected chi connectivity index (χ3v) is 5.58. The average molecular weight is 386 g/mol. The van der Waals surface area contributed by atoms with Gasteiger partial charge in [-0.2, -0.15) is 0 Å². The number of aromatic nitrogens is 4. The molecule has 0 aromatic carbocycles. The van der Waals surface area contributed by atoms with Gasteiger partial charge in [-0.25, -0.2) is 15.0 Å². The number of imidazole rings is 1. The van der Waals surface area contributed by atoms with Gasteiger partial charge in [0.15, 0.2) is 0 Å². The first-order valence-electron chi connectivity index (χ1n) is 10.3. The summed E-state index contributed by atoms with van der Waals surface area (Å²) in [6.07, 6.45) is 4.97. The van der Waals surface area contributed by atoms with Crippen molar-refractivity contribution >= 4 is 5.82 Å². The molecule has 0 spiro atoms. The molecule has 1 aliphatic rings. The summed E-state index contributed by atoms with van der Waals surface area (Å²) in [4.78, 5) is 16.4. The van der Waals surface area contributed by atoms with Crippen molar-refractivity contribution in [2.75, 3.05) is 18.0 Å². The molecular formula is C22H35N5O. The fourth-order valence-corrected chi connectivity index (χ4v) is 3.63. The van der Waals surface area contributed by atoms with Gasteiger partial charge in [-0.3, -0.25) is 0 Å². The van der Waals surface area contributed by atoms with Gasteiger partial charge in [0.1, 0.15) is 23.6 Å². The molecule has 0 aliphatic carbocycles. The molecule has 2 aromatic heterocycles. The Morgan fingerprint density at radius 2 is 1.68 bits per heavy atom. The molecule has 1 saturated heterocycles. The van der Waals surface area contributed by atoms with Crippen LogP contribution in [0.2, 0.25) is 0 Å². The molecule has 0 radical (unpaired) electrons. The van der Waals surface area contributed by atoms with Crippen molar-refractivity contribution < 1.29 is 5.11 Å². The van der Waals surface area contributed by atoms with Crippen molar-refractivity contribution in [2.24, 2.45) is 13.0 Å². The van der Waals surface area contributed by atoms with Gasteiger partial charge in [0.2, 0.25) is 0 Å². The zero-order valence-electron chi connectivity index (χ0n) is 18.4. The minimum atomic E-state index is -0.511. The lowest BCUT2D eigenvalue weighted by atomic mass is 9.89. The molecule has 3 rings (SSSR count). The summed E-state index contributed by atoms with van der Waals surface area (Å²) in [5.74, 6) is 2.88. The predicted molar refractivity (Wildman–Crippen MR) is 113 cm³/mol. The Hall–Kier alpha value is -1.95. The molecule has 1 unspecified atom stereocenters. The Balaban J connectivity index is 1.79. The molecule has 154 valence electrons. The molecule has 1 fully saturated rings. The van der Waals surface area contributed by atoms with E-state index in [1.54, 1.807) is 6.20 Å². The lowest BCUT2D eigenvalue weighted by Crippen LogP contribution is -2.37. The summed E-state index contributed by atoms with van der Waals surface area (Å²) in [7, 11) is 1.93. The van der Waals surface area contributed by atoms with Crippen LogP contribution in [-0.4, -0.2) is 37.7 Å². The number of aryl methyl sites for hydroxylation is 1. The van der Waals surface area contributed by atoms with Gasteiger partial charge in [-0.15, -0.1) is 0 Å². The van der Waals surface area contributed by atoms with Gasteiger partial charge in [0.05, 0.1) is 5.69 Å². The van der Waals surface area contributed by atoms with E-state index in [0.29, 0.717) is 0 Å². The first kappa shape index (κ1) is 20.8. The van der Waals surface area contributed by atoms with Crippen molar-refractivity contribution in [3.05, 3.63) is 35.8 Å². The molecule has 0 amide bonds. The molecule has 6 nitrogen and oxygen atoms in total. The van der Waals surface area contributed by atoms with Gasteiger partial charge >= 0.3 is 0 Å². The normalized spacial score (nSPS) is 17.8. The minimum Gasteiger partial charge on any atom is -0.385 e. The molecule has 3 heterocycles. The van der Waals surface area contributed by atoms with E-state index in [9.17, 15) is 5.11 Å². The van der Waals surface area contributed by atoms with E-state index in [2.05, 4.69) is 57.5 Å². The van der Waals surface area contributed by atoms with E-state index in [0.717, 1.165) is 49.1 Å². The topological polar surface area (TPSA) is 67.1 Å². The van der Waals surface area contributed by atoms with Crippen LogP contribution in [0.4, 0.5) is 5.82 Å². The molecular weight excluding hydrogens is 350 g/mol. The smallest absolute Gasteiger partial charge is 0.137 e. The van der Waals surface area contributed by atoms with Crippen LogP contribution in [0, 0.1) is 5.92 Å². The number of aliphatic hydroxyl groups is 1. The number of hydrogen-bond donors (Lipinski definition) is 1. The van der Waals surface area contributed by atoms with Crippen molar-refractivity contribution in [3.8, 4) is 0 Å². The molecule has 1 atom stereocenters. The molecule has 28 heavy (non-hydrogen) atoms. The minimum absolute atomic E-state index is 0.0234. The number of piperidine rings is 1. The quantitative estimate of drug-likeness (QED) is 0.871. The Bertz CT molecular complexity index is 775. The second kappa shape index (κ2) is 7.47. The summed E-state index contributed by atoms with van der Waals surface area (Å²) < 4.78 is 1.91. The molecule has 1 N–H and O–H groups in total. The maximum Gasteiger partial charge on any atom is 0.137 e. The monoisotopic (exact) mass is 385 g/mol. The highest BCUT2D eigenvalue weighted by Crippen LogP contribution is 2.33. The second-order valence-corrected chi connectivity index (χ2v) is 10.1. The lowest BCUT2D eigenvalue weighted by molar-refractivity contribution is 0.0824. The Morgan fingerprint density at radius 1 is 1.04 bits per heavy atom. The summed E-state index contributed by atoms with van der Waals surface area (Å²) >= 11 is 0. The van der Waals surface area contributed by atoms with E-state index < -0.39 is 6.10 Å². The zero-order valence-corrected chi connectivity index (χ0v) is 18.4. The standard InChI is InChI=1S/C22H35N5O/c1-21(2,3)16-14-17(25-20(24-16)22(4,5)6)27-11-8-15(9-12-27)18(28)19-23-10-13-26(19)7/h10,13-15,18,28H,8-9,11-12H2,1-7H3. The maximum absolute atomic E-state index is 10.7. The Labute approximate surface area is 169 Å². The molecule has 0 saturated carbocycles. The van der Waals surface area contributed by atoms with E-state index in [4.69, 9.17) is 9.97 Å². The van der Waals surface area contributed by atoms with Crippen molar-refractivity contribution in [1.82, 2.24) is 19.5 Å². The van der Waals surface area contributed by atoms with Crippen LogP contribution in [0.3, 0.4) is 0 Å². The van der Waals surface area contributed by atoms with Crippen LogP contribution in [-0.2, 0) is 17.9 Å². The number of aliphatic hydroxyl groups excluding tert-OH is 1. The number of anilines is 1. The fraction of sp³-hybridized carbons (Fsp3) is 0.682. The highest BCUT2D eigenvalue weighted by Gasteiger charge is 2.30. The van der Waals surface area contributed by atoms with Crippen LogP contribution < -0.4 is 4.90 Å². The molecule has 1 aliphatic heterocycles. The number of hydrogen-bond acceptors (Lipinski definition) is 5. The number of rotatable bonds is 3. The van der Waals surface area contributed by atoms with E-state index in [1.165, 1.54) is 0 Å². The van der Waals surface area contributed by atoms with E-state index >= 15 is 0 Å². The summed E-state index contributed by atoms with van der Waals surface area (Å²) in [5.41, 5.74) is 0.963. The van der Waals surface area contributed by atoms with E-state index in [-0.39, 0.29) is 16.7 Å². The summed E-state index contributed by atoms with van der Waals surface area (Å²) in [6, 6.07) is 2.14. The highest BCUT2D eigenvalue weighted by molar-refractivity contribution is 5.42. The highest BCUT2D eigenvalue weighted by atomic mass is 16.3. The first-order valence-corrected chi connectivity index (χ1v) is 10.3. The van der Waals surface area contributed by atoms with Crippen LogP contribution >= 0.6 is 0 Å². The van der Waals surface area contributed by atoms with E-state index in [1.807, 2.05) is 17.8 Å². The predicted octanol–water partition coefficient (Wildman–Crippen LogP) is 3.76. The Kier molecular flexibility index (Phi) is 5.54. The second-order valence-electron chi connectivity index (χ2n) is 10.1. The van der Waals surface area contributed by atoms with Gasteiger partial charge in [0, 0.05) is 49.4 Å². The summed E-state index contributed by atoms with van der Waals surface area (Å²) in [6.45, 7) is 14.8. The average Bonchev–Trinajstić information content (AvgIpc) is 3.05. The molecule has 6 heteroatoms. The fourth-order valence-electron chi connectivity index (χ4n) is 3.63. The largest absolute Gasteiger partial charge is 0.385 e. The zero-order chi connectivity index (χ0) is 20.7. The van der Waals surface area contributed by atoms with Gasteiger partial charge in [-0.1, -0.05) is 41.5 Å². The van der Waals surface area contributed by atoms with Crippen LogP contribution in [0.1, 0.15) is 77.8 Å².